The van der Waals surface area contributed by atoms with Crippen molar-refractivity contribution in [3.05, 3.63) is 29.3 Å². The Labute approximate surface area is 114 Å². The fourth-order valence-corrected chi connectivity index (χ4v) is 2.62. The molecule has 4 heteroatoms. The molecule has 2 rings (SSSR count). The van der Waals surface area contributed by atoms with Gasteiger partial charge >= 0.3 is 0 Å². The summed E-state index contributed by atoms with van der Waals surface area (Å²) < 4.78 is 10.4. The van der Waals surface area contributed by atoms with Gasteiger partial charge < -0.3 is 14.4 Å². The molecule has 1 aliphatic heterocycles. The number of carbonyl (C=O) groups excluding carboxylic acids is 1. The number of benzene rings is 1. The van der Waals surface area contributed by atoms with Gasteiger partial charge in [-0.1, -0.05) is 0 Å². The lowest BCUT2D eigenvalue weighted by molar-refractivity contribution is 0.0630. The van der Waals surface area contributed by atoms with Gasteiger partial charge in [0.2, 0.25) is 0 Å². The summed E-state index contributed by atoms with van der Waals surface area (Å²) in [6, 6.07) is 5.84. The summed E-state index contributed by atoms with van der Waals surface area (Å²) in [4.78, 5) is 14.5. The maximum Gasteiger partial charge on any atom is 0.254 e. The lowest BCUT2D eigenvalue weighted by Crippen LogP contribution is -2.38. The Kier molecular flexibility index (Phi) is 4.43. The van der Waals surface area contributed by atoms with Crippen LogP contribution >= 0.6 is 0 Å². The highest BCUT2D eigenvalue weighted by atomic mass is 16.5. The average molecular weight is 263 g/mol. The van der Waals surface area contributed by atoms with Gasteiger partial charge in [-0.25, -0.2) is 0 Å². The van der Waals surface area contributed by atoms with Crippen LogP contribution in [0.3, 0.4) is 0 Å². The first-order valence-corrected chi connectivity index (χ1v) is 6.61. The number of nitrogens with zero attached hydrogens (tertiary/aromatic N) is 1. The van der Waals surface area contributed by atoms with Crippen LogP contribution in [0.5, 0.6) is 5.75 Å². The highest BCUT2D eigenvalue weighted by Gasteiger charge is 2.29. The largest absolute Gasteiger partial charge is 0.497 e. The molecule has 0 saturated carbocycles. The normalized spacial score (nSPS) is 18.7. The summed E-state index contributed by atoms with van der Waals surface area (Å²) in [7, 11) is 3.29. The van der Waals surface area contributed by atoms with Crippen LogP contribution in [0.15, 0.2) is 18.2 Å². The molecule has 19 heavy (non-hydrogen) atoms. The zero-order valence-corrected chi connectivity index (χ0v) is 11.8. The van der Waals surface area contributed by atoms with E-state index in [0.29, 0.717) is 12.2 Å². The molecule has 1 aromatic carbocycles. The van der Waals surface area contributed by atoms with Gasteiger partial charge in [0.25, 0.3) is 5.91 Å². The molecule has 0 unspecified atom stereocenters. The van der Waals surface area contributed by atoms with Crippen LogP contribution in [-0.4, -0.2) is 44.2 Å². The van der Waals surface area contributed by atoms with Gasteiger partial charge in [-0.15, -0.1) is 0 Å². The standard InChI is InChI=1S/C15H21NO3/c1-11-7-12(9-14(8-11)19-3)15(17)16-6-4-5-13(16)10-18-2/h7-9,13H,4-6,10H2,1-3H3/t13-/m1/s1. The maximum atomic E-state index is 12.6. The van der Waals surface area contributed by atoms with Crippen LogP contribution < -0.4 is 4.74 Å². The van der Waals surface area contributed by atoms with Gasteiger partial charge in [0.1, 0.15) is 5.75 Å². The van der Waals surface area contributed by atoms with Crippen LogP contribution in [0, 0.1) is 6.92 Å². The van der Waals surface area contributed by atoms with Crippen molar-refractivity contribution in [1.82, 2.24) is 4.90 Å². The molecule has 1 atom stereocenters. The Hall–Kier alpha value is -1.55. The number of hydrogen-bond acceptors (Lipinski definition) is 3. The van der Waals surface area contributed by atoms with Crippen molar-refractivity contribution < 1.29 is 14.3 Å². The number of amides is 1. The second kappa shape index (κ2) is 6.06. The summed E-state index contributed by atoms with van der Waals surface area (Å²) in [6.07, 6.45) is 2.06. The Balaban J connectivity index is 2.21. The number of methoxy groups -OCH3 is 2. The van der Waals surface area contributed by atoms with Gasteiger partial charge in [-0.3, -0.25) is 4.79 Å². The van der Waals surface area contributed by atoms with E-state index >= 15 is 0 Å². The Morgan fingerprint density at radius 1 is 1.37 bits per heavy atom. The topological polar surface area (TPSA) is 38.8 Å². The fourth-order valence-electron chi connectivity index (χ4n) is 2.62. The highest BCUT2D eigenvalue weighted by molar-refractivity contribution is 5.95. The predicted octanol–water partition coefficient (Wildman–Crippen LogP) is 2.25. The molecule has 0 N–H and O–H groups in total. The summed E-state index contributed by atoms with van der Waals surface area (Å²) in [5.74, 6) is 0.799. The third kappa shape index (κ3) is 3.07. The van der Waals surface area contributed by atoms with Gasteiger partial charge in [0.05, 0.1) is 19.8 Å². The smallest absolute Gasteiger partial charge is 0.254 e. The summed E-state index contributed by atoms with van der Waals surface area (Å²) in [6.45, 7) is 3.38. The summed E-state index contributed by atoms with van der Waals surface area (Å²) >= 11 is 0. The Morgan fingerprint density at radius 2 is 2.16 bits per heavy atom. The maximum absolute atomic E-state index is 12.6. The molecule has 0 spiro atoms. The highest BCUT2D eigenvalue weighted by Crippen LogP contribution is 2.23. The number of carbonyl (C=O) groups is 1. The molecule has 104 valence electrons. The molecular weight excluding hydrogens is 242 g/mol. The van der Waals surface area contributed by atoms with E-state index in [1.807, 2.05) is 24.0 Å². The molecule has 0 aliphatic carbocycles. The third-order valence-electron chi connectivity index (χ3n) is 3.53. The first-order chi connectivity index (χ1) is 9.15. The lowest BCUT2D eigenvalue weighted by atomic mass is 10.1. The third-order valence-corrected chi connectivity index (χ3v) is 3.53. The number of aryl methyl sites for hydroxylation is 1. The van der Waals surface area contributed by atoms with Crippen LogP contribution in [0.2, 0.25) is 0 Å². The molecule has 1 fully saturated rings. The molecule has 1 aromatic rings. The Morgan fingerprint density at radius 3 is 2.84 bits per heavy atom. The minimum Gasteiger partial charge on any atom is -0.497 e. The second-order valence-corrected chi connectivity index (χ2v) is 4.99. The molecule has 1 amide bonds. The van der Waals surface area contributed by atoms with E-state index in [4.69, 9.17) is 9.47 Å². The van der Waals surface area contributed by atoms with Crippen molar-refractivity contribution >= 4 is 5.91 Å². The number of hydrogen-bond donors (Lipinski definition) is 0. The Bertz CT molecular complexity index is 459. The molecule has 0 aromatic heterocycles. The van der Waals surface area contributed by atoms with E-state index in [-0.39, 0.29) is 11.9 Å². The SMILES string of the molecule is COC[C@H]1CCCN1C(=O)c1cc(C)cc(OC)c1. The van der Waals surface area contributed by atoms with E-state index in [1.54, 1.807) is 20.3 Å². The molecule has 0 bridgehead atoms. The number of rotatable bonds is 4. The second-order valence-electron chi connectivity index (χ2n) is 4.99. The van der Waals surface area contributed by atoms with E-state index in [1.165, 1.54) is 0 Å². The van der Waals surface area contributed by atoms with Crippen LogP contribution in [0.4, 0.5) is 0 Å². The van der Waals surface area contributed by atoms with E-state index in [0.717, 1.165) is 30.7 Å². The molecule has 1 aliphatic rings. The van der Waals surface area contributed by atoms with Crippen molar-refractivity contribution in [2.24, 2.45) is 0 Å². The fraction of sp³-hybridized carbons (Fsp3) is 0.533. The summed E-state index contributed by atoms with van der Waals surface area (Å²) in [5.41, 5.74) is 1.73. The predicted molar refractivity (Wildman–Crippen MR) is 73.7 cm³/mol. The molecule has 1 heterocycles. The van der Waals surface area contributed by atoms with Crippen molar-refractivity contribution in [2.75, 3.05) is 27.4 Å². The zero-order valence-electron chi connectivity index (χ0n) is 11.8. The van der Waals surface area contributed by atoms with E-state index < -0.39 is 0 Å². The minimum absolute atomic E-state index is 0.0709. The average Bonchev–Trinajstić information content (AvgIpc) is 2.85. The van der Waals surface area contributed by atoms with E-state index in [9.17, 15) is 4.79 Å². The first kappa shape index (κ1) is 13.9. The first-order valence-electron chi connectivity index (χ1n) is 6.61. The van der Waals surface area contributed by atoms with Gasteiger partial charge in [0.15, 0.2) is 0 Å². The number of ether oxygens (including phenoxy) is 2. The monoisotopic (exact) mass is 263 g/mol. The van der Waals surface area contributed by atoms with Crippen molar-refractivity contribution in [3.8, 4) is 5.75 Å². The van der Waals surface area contributed by atoms with Crippen molar-refractivity contribution in [1.29, 1.82) is 0 Å². The van der Waals surface area contributed by atoms with Crippen molar-refractivity contribution in [2.45, 2.75) is 25.8 Å². The number of likely N-dealkylation sites (tertiary alicyclic amines) is 1. The van der Waals surface area contributed by atoms with Crippen LogP contribution in [-0.2, 0) is 4.74 Å². The van der Waals surface area contributed by atoms with Crippen LogP contribution in [0.25, 0.3) is 0 Å². The zero-order chi connectivity index (χ0) is 13.8. The van der Waals surface area contributed by atoms with Gasteiger partial charge in [-0.2, -0.15) is 0 Å². The van der Waals surface area contributed by atoms with Crippen molar-refractivity contribution in [3.63, 3.8) is 0 Å². The van der Waals surface area contributed by atoms with E-state index in [2.05, 4.69) is 0 Å². The molecular formula is C15H21NO3. The summed E-state index contributed by atoms with van der Waals surface area (Å²) in [5, 5.41) is 0. The van der Waals surface area contributed by atoms with Crippen LogP contribution in [0.1, 0.15) is 28.8 Å². The quantitative estimate of drug-likeness (QED) is 0.836. The van der Waals surface area contributed by atoms with Gasteiger partial charge in [-0.05, 0) is 43.5 Å². The van der Waals surface area contributed by atoms with Gasteiger partial charge in [0, 0.05) is 19.2 Å². The lowest BCUT2D eigenvalue weighted by Gasteiger charge is -2.24. The minimum atomic E-state index is 0.0709. The molecule has 4 nitrogen and oxygen atoms in total. The molecule has 1 saturated heterocycles. The molecule has 0 radical (unpaired) electrons.